The molecule has 0 radical (unpaired) electrons. The molecule has 0 bridgehead atoms. The number of benzene rings is 1. The van der Waals surface area contributed by atoms with Crippen molar-refractivity contribution in [3.8, 4) is 0 Å². The summed E-state index contributed by atoms with van der Waals surface area (Å²) < 4.78 is 36.1. The number of sulfonamides is 1. The van der Waals surface area contributed by atoms with Gasteiger partial charge in [-0.1, -0.05) is 0 Å². The zero-order valence-corrected chi connectivity index (χ0v) is 11.5. The maximum atomic E-state index is 13.9. The van der Waals surface area contributed by atoms with Gasteiger partial charge in [-0.25, -0.2) is 17.9 Å². The summed E-state index contributed by atoms with van der Waals surface area (Å²) in [5.74, 6) is -0.116. The molecule has 5 nitrogen and oxygen atoms in total. The number of nitrogens with two attached hydrogens (primary N) is 2. The fraction of sp³-hybridized carbons (Fsp3) is 0.500. The van der Waals surface area contributed by atoms with E-state index in [1.54, 1.807) is 11.9 Å². The normalized spacial score (nSPS) is 22.9. The van der Waals surface area contributed by atoms with E-state index in [1.807, 2.05) is 0 Å². The molecule has 0 aliphatic heterocycles. The lowest BCUT2D eigenvalue weighted by Gasteiger charge is -2.36. The Morgan fingerprint density at radius 3 is 2.53 bits per heavy atom. The van der Waals surface area contributed by atoms with Gasteiger partial charge in [0, 0.05) is 19.6 Å². The van der Waals surface area contributed by atoms with Crippen LogP contribution in [0, 0.1) is 11.7 Å². The first-order valence-electron chi connectivity index (χ1n) is 6.06. The molecule has 0 aromatic heterocycles. The van der Waals surface area contributed by atoms with E-state index in [9.17, 15) is 12.8 Å². The molecule has 106 valence electrons. The molecule has 1 fully saturated rings. The van der Waals surface area contributed by atoms with Crippen molar-refractivity contribution in [3.05, 3.63) is 24.0 Å². The quantitative estimate of drug-likeness (QED) is 0.850. The minimum absolute atomic E-state index is 0.215. The molecule has 0 unspecified atom stereocenters. The van der Waals surface area contributed by atoms with Gasteiger partial charge in [0.2, 0.25) is 10.0 Å². The van der Waals surface area contributed by atoms with Crippen LogP contribution in [-0.4, -0.2) is 28.1 Å². The van der Waals surface area contributed by atoms with Crippen LogP contribution in [-0.2, 0) is 10.0 Å². The summed E-state index contributed by atoms with van der Waals surface area (Å²) in [4.78, 5) is 1.56. The third-order valence-electron chi connectivity index (χ3n) is 3.46. The molecule has 7 heteroatoms. The van der Waals surface area contributed by atoms with E-state index in [0.29, 0.717) is 18.2 Å². The fourth-order valence-corrected chi connectivity index (χ4v) is 2.92. The van der Waals surface area contributed by atoms with Gasteiger partial charge in [0.25, 0.3) is 0 Å². The molecule has 4 N–H and O–H groups in total. The lowest BCUT2D eigenvalue weighted by Crippen LogP contribution is -2.42. The Kier molecular flexibility index (Phi) is 3.80. The second-order valence-electron chi connectivity index (χ2n) is 5.14. The van der Waals surface area contributed by atoms with Crippen LogP contribution >= 0.6 is 0 Å². The summed E-state index contributed by atoms with van der Waals surface area (Å²) >= 11 is 0. The van der Waals surface area contributed by atoms with Crippen molar-refractivity contribution in [2.45, 2.75) is 23.8 Å². The zero-order chi connectivity index (χ0) is 14.2. The van der Waals surface area contributed by atoms with Crippen molar-refractivity contribution in [1.29, 1.82) is 0 Å². The molecule has 19 heavy (non-hydrogen) atoms. The van der Waals surface area contributed by atoms with Crippen LogP contribution in [0.15, 0.2) is 23.1 Å². The largest absolute Gasteiger partial charge is 0.372 e. The van der Waals surface area contributed by atoms with Gasteiger partial charge in [-0.05, 0) is 37.0 Å². The molecule has 1 aromatic carbocycles. The van der Waals surface area contributed by atoms with Gasteiger partial charge in [0.15, 0.2) is 0 Å². The van der Waals surface area contributed by atoms with Crippen LogP contribution in [0.4, 0.5) is 10.1 Å². The van der Waals surface area contributed by atoms with Crippen LogP contribution in [0.1, 0.15) is 12.8 Å². The topological polar surface area (TPSA) is 89.4 Å². The number of hydrogen-bond acceptors (Lipinski definition) is 4. The molecule has 0 heterocycles. The second-order valence-corrected chi connectivity index (χ2v) is 6.70. The Morgan fingerprint density at radius 2 is 2.05 bits per heavy atom. The number of rotatable bonds is 4. The summed E-state index contributed by atoms with van der Waals surface area (Å²) in [6, 6.07) is 3.96. The first-order valence-corrected chi connectivity index (χ1v) is 7.61. The molecule has 2 rings (SSSR count). The second kappa shape index (κ2) is 5.07. The third kappa shape index (κ3) is 3.23. The molecule has 1 aliphatic carbocycles. The molecule has 1 aromatic rings. The minimum Gasteiger partial charge on any atom is -0.372 e. The number of hydrogen-bond donors (Lipinski definition) is 2. The van der Waals surface area contributed by atoms with Gasteiger partial charge >= 0.3 is 0 Å². The molecular weight excluding hydrogens is 269 g/mol. The predicted molar refractivity (Wildman–Crippen MR) is 71.7 cm³/mol. The molecule has 0 amide bonds. The summed E-state index contributed by atoms with van der Waals surface area (Å²) in [6.07, 6.45) is 1.89. The average Bonchev–Trinajstić information content (AvgIpc) is 2.25. The van der Waals surface area contributed by atoms with Crippen molar-refractivity contribution in [2.75, 3.05) is 18.5 Å². The maximum absolute atomic E-state index is 13.9. The van der Waals surface area contributed by atoms with E-state index in [1.165, 1.54) is 12.1 Å². The van der Waals surface area contributed by atoms with Crippen molar-refractivity contribution >= 4 is 15.7 Å². The lowest BCUT2D eigenvalue weighted by atomic mass is 9.80. The van der Waals surface area contributed by atoms with Gasteiger partial charge in [-0.2, -0.15) is 0 Å². The predicted octanol–water partition coefficient (Wildman–Crippen LogP) is 0.647. The Labute approximate surface area is 112 Å². The van der Waals surface area contributed by atoms with Gasteiger partial charge in [-0.15, -0.1) is 0 Å². The van der Waals surface area contributed by atoms with E-state index >= 15 is 0 Å². The summed E-state index contributed by atoms with van der Waals surface area (Å²) in [5.41, 5.74) is 6.08. The van der Waals surface area contributed by atoms with Crippen molar-refractivity contribution < 1.29 is 12.8 Å². The highest BCUT2D eigenvalue weighted by molar-refractivity contribution is 7.89. The van der Waals surface area contributed by atoms with Crippen LogP contribution < -0.4 is 15.8 Å². The monoisotopic (exact) mass is 287 g/mol. The van der Waals surface area contributed by atoms with Crippen LogP contribution in [0.25, 0.3) is 0 Å². The van der Waals surface area contributed by atoms with Crippen molar-refractivity contribution in [2.24, 2.45) is 16.8 Å². The highest BCUT2D eigenvalue weighted by Crippen LogP contribution is 2.29. The van der Waals surface area contributed by atoms with E-state index in [4.69, 9.17) is 10.9 Å². The molecule has 0 atom stereocenters. The van der Waals surface area contributed by atoms with E-state index < -0.39 is 15.8 Å². The van der Waals surface area contributed by atoms with Crippen molar-refractivity contribution in [3.63, 3.8) is 0 Å². The highest BCUT2D eigenvalue weighted by atomic mass is 32.2. The van der Waals surface area contributed by atoms with Crippen LogP contribution in [0.3, 0.4) is 0 Å². The van der Waals surface area contributed by atoms with Gasteiger partial charge in [-0.3, -0.25) is 0 Å². The summed E-state index contributed by atoms with van der Waals surface area (Å²) in [5, 5.41) is 4.96. The molecular formula is C12H18FN3O2S. The SMILES string of the molecule is CN(CC1CC(N)C1)c1ccc(S(N)(=O)=O)cc1F. The Morgan fingerprint density at radius 1 is 1.42 bits per heavy atom. The first kappa shape index (κ1) is 14.2. The molecule has 0 saturated heterocycles. The number of nitrogens with zero attached hydrogens (tertiary/aromatic N) is 1. The standard InChI is InChI=1S/C12H18FN3O2S/c1-16(7-8-4-9(14)5-8)12-3-2-10(6-11(12)13)19(15,17)18/h2-3,6,8-9H,4-5,7,14H2,1H3,(H2,15,17,18). The van der Waals surface area contributed by atoms with Crippen LogP contribution in [0.2, 0.25) is 0 Å². The molecule has 1 saturated carbocycles. The number of halogens is 1. The molecule has 0 spiro atoms. The number of primary sulfonamides is 1. The summed E-state index contributed by atoms with van der Waals surface area (Å²) in [6.45, 7) is 0.708. The highest BCUT2D eigenvalue weighted by Gasteiger charge is 2.27. The zero-order valence-electron chi connectivity index (χ0n) is 10.7. The van der Waals surface area contributed by atoms with E-state index in [-0.39, 0.29) is 10.9 Å². The smallest absolute Gasteiger partial charge is 0.238 e. The lowest BCUT2D eigenvalue weighted by molar-refractivity contribution is 0.270. The Balaban J connectivity index is 2.12. The fourth-order valence-electron chi connectivity index (χ4n) is 2.40. The van der Waals surface area contributed by atoms with E-state index in [2.05, 4.69) is 0 Å². The van der Waals surface area contributed by atoms with Gasteiger partial charge in [0.1, 0.15) is 5.82 Å². The average molecular weight is 287 g/mol. The number of anilines is 1. The third-order valence-corrected chi connectivity index (χ3v) is 4.37. The van der Waals surface area contributed by atoms with Crippen LogP contribution in [0.5, 0.6) is 0 Å². The van der Waals surface area contributed by atoms with Gasteiger partial charge in [0.05, 0.1) is 10.6 Å². The Bertz CT molecular complexity index is 570. The van der Waals surface area contributed by atoms with Crippen molar-refractivity contribution in [1.82, 2.24) is 0 Å². The first-order chi connectivity index (χ1) is 8.77. The maximum Gasteiger partial charge on any atom is 0.238 e. The molecule has 1 aliphatic rings. The summed E-state index contributed by atoms with van der Waals surface area (Å²) in [7, 11) is -2.09. The van der Waals surface area contributed by atoms with E-state index in [0.717, 1.165) is 18.9 Å². The Hall–Kier alpha value is -1.18. The minimum atomic E-state index is -3.87. The van der Waals surface area contributed by atoms with Gasteiger partial charge < -0.3 is 10.6 Å².